The molecule has 2 aromatic carbocycles. The summed E-state index contributed by atoms with van der Waals surface area (Å²) in [5.74, 6) is -0.616. The third-order valence-electron chi connectivity index (χ3n) is 5.14. The molecule has 1 N–H and O–H groups in total. The zero-order chi connectivity index (χ0) is 23.0. The van der Waals surface area contributed by atoms with Gasteiger partial charge in [-0.15, -0.1) is 0 Å². The molecule has 0 radical (unpaired) electrons. The quantitative estimate of drug-likeness (QED) is 0.591. The highest BCUT2D eigenvalue weighted by Gasteiger charge is 2.53. The van der Waals surface area contributed by atoms with Crippen LogP contribution in [0.25, 0.3) is 22.2 Å². The van der Waals surface area contributed by atoms with Crippen LogP contribution >= 0.6 is 0 Å². The van der Waals surface area contributed by atoms with Crippen LogP contribution in [0.5, 0.6) is 5.75 Å². The molecule has 1 aliphatic heterocycles. The van der Waals surface area contributed by atoms with Gasteiger partial charge in [-0.2, -0.15) is 10.1 Å². The molecule has 2 heterocycles. The molecule has 0 aliphatic carbocycles. The second-order valence-electron chi connectivity index (χ2n) is 7.17. The lowest BCUT2D eigenvalue weighted by molar-refractivity contribution is -0.164. The first kappa shape index (κ1) is 21.7. The van der Waals surface area contributed by atoms with Gasteiger partial charge in [-0.05, 0) is 24.3 Å². The molecular weight excluding hydrogens is 430 g/mol. The third-order valence-corrected chi connectivity index (χ3v) is 5.14. The van der Waals surface area contributed by atoms with Gasteiger partial charge in [0.25, 0.3) is 18.8 Å². The summed E-state index contributed by atoms with van der Waals surface area (Å²) in [6.07, 6.45) is -7.86. The molecular formula is C22H17F4N3O3. The second kappa shape index (κ2) is 8.19. The highest BCUT2D eigenvalue weighted by molar-refractivity contribution is 6.08. The van der Waals surface area contributed by atoms with E-state index in [4.69, 9.17) is 4.74 Å². The number of aromatic nitrogens is 1. The number of hydrogen-bond acceptors (Lipinski definition) is 5. The highest BCUT2D eigenvalue weighted by atomic mass is 19.3. The number of amides is 1. The van der Waals surface area contributed by atoms with Gasteiger partial charge in [0.05, 0.1) is 23.9 Å². The largest absolute Gasteiger partial charge is 0.497 e. The number of rotatable bonds is 5. The normalized spacial score (nSPS) is 18.5. The van der Waals surface area contributed by atoms with Crippen molar-refractivity contribution in [1.29, 1.82) is 0 Å². The zero-order valence-electron chi connectivity index (χ0n) is 16.7. The minimum atomic E-state index is -3.52. The van der Waals surface area contributed by atoms with Gasteiger partial charge in [-0.3, -0.25) is 4.79 Å². The molecule has 0 unspecified atom stereocenters. The molecule has 32 heavy (non-hydrogen) atoms. The molecule has 3 aromatic rings. The van der Waals surface area contributed by atoms with Gasteiger partial charge in [-0.1, -0.05) is 30.3 Å². The van der Waals surface area contributed by atoms with E-state index in [-0.39, 0.29) is 10.6 Å². The standard InChI is InChI=1S/C22H17F4N3O3/c1-32-13-6-4-5-12(9-13)17-10-15(14-7-2-3-8-16(14)27-17)20(30)29-22(31,21(25)26)11-18(28-29)19(23)24/h2-10,19,21,31H,11H2,1H3/t22-/m1/s1. The van der Waals surface area contributed by atoms with Crippen molar-refractivity contribution >= 4 is 22.5 Å². The first-order valence-corrected chi connectivity index (χ1v) is 9.49. The number of hydrazone groups is 1. The molecule has 0 fully saturated rings. The summed E-state index contributed by atoms with van der Waals surface area (Å²) >= 11 is 0. The summed E-state index contributed by atoms with van der Waals surface area (Å²) < 4.78 is 58.8. The fraction of sp³-hybridized carbons (Fsp3) is 0.227. The number of pyridine rings is 1. The molecule has 0 spiro atoms. The van der Waals surface area contributed by atoms with Crippen LogP contribution < -0.4 is 4.74 Å². The van der Waals surface area contributed by atoms with Gasteiger partial charge in [0.2, 0.25) is 5.72 Å². The summed E-state index contributed by atoms with van der Waals surface area (Å²) in [7, 11) is 1.49. The lowest BCUT2D eigenvalue weighted by atomic mass is 10.0. The molecule has 1 aliphatic rings. The van der Waals surface area contributed by atoms with Crippen molar-refractivity contribution < 1.29 is 32.2 Å². The maximum atomic E-state index is 13.6. The van der Waals surface area contributed by atoms with Crippen LogP contribution in [-0.2, 0) is 0 Å². The number of ether oxygens (including phenoxy) is 1. The van der Waals surface area contributed by atoms with Crippen LogP contribution in [0.2, 0.25) is 0 Å². The van der Waals surface area contributed by atoms with Crippen LogP contribution in [0.4, 0.5) is 17.6 Å². The Morgan fingerprint density at radius 2 is 1.88 bits per heavy atom. The Hall–Kier alpha value is -3.53. The first-order chi connectivity index (χ1) is 15.2. The van der Waals surface area contributed by atoms with Crippen molar-refractivity contribution in [2.45, 2.75) is 25.0 Å². The number of halogens is 4. The Kier molecular flexibility index (Phi) is 5.55. The number of para-hydroxylation sites is 1. The molecule has 1 aromatic heterocycles. The van der Waals surface area contributed by atoms with E-state index in [1.165, 1.54) is 13.2 Å². The van der Waals surface area contributed by atoms with Crippen LogP contribution in [-0.4, -0.2) is 52.4 Å². The fourth-order valence-electron chi connectivity index (χ4n) is 3.50. The van der Waals surface area contributed by atoms with E-state index in [0.717, 1.165) is 0 Å². The number of aliphatic hydroxyl groups is 1. The molecule has 1 atom stereocenters. The van der Waals surface area contributed by atoms with Gasteiger partial charge in [-0.25, -0.2) is 22.5 Å². The van der Waals surface area contributed by atoms with Gasteiger partial charge >= 0.3 is 0 Å². The Labute approximate surface area is 179 Å². The number of hydrogen-bond donors (Lipinski definition) is 1. The average molecular weight is 447 g/mol. The van der Waals surface area contributed by atoms with Crippen LogP contribution in [0.3, 0.4) is 0 Å². The number of benzene rings is 2. The SMILES string of the molecule is COc1cccc(-c2cc(C(=O)N3N=C(C(F)F)C[C@@]3(O)C(F)F)c3ccccc3n2)c1. The van der Waals surface area contributed by atoms with E-state index in [1.54, 1.807) is 48.5 Å². The van der Waals surface area contributed by atoms with E-state index in [2.05, 4.69) is 10.1 Å². The van der Waals surface area contributed by atoms with Gasteiger partial charge in [0, 0.05) is 17.4 Å². The predicted molar refractivity (Wildman–Crippen MR) is 109 cm³/mol. The van der Waals surface area contributed by atoms with E-state index >= 15 is 0 Å². The van der Waals surface area contributed by atoms with Crippen molar-refractivity contribution in [2.24, 2.45) is 5.10 Å². The third kappa shape index (κ3) is 3.66. The molecule has 0 saturated heterocycles. The summed E-state index contributed by atoms with van der Waals surface area (Å²) in [6, 6.07) is 14.6. The van der Waals surface area contributed by atoms with Gasteiger partial charge < -0.3 is 9.84 Å². The predicted octanol–water partition coefficient (Wildman–Crippen LogP) is 4.33. The monoisotopic (exact) mass is 447 g/mol. The van der Waals surface area contributed by atoms with Crippen molar-refractivity contribution in [3.05, 3.63) is 60.2 Å². The number of methoxy groups -OCH3 is 1. The fourth-order valence-corrected chi connectivity index (χ4v) is 3.50. The Balaban J connectivity index is 1.88. The number of carbonyl (C=O) groups excluding carboxylic acids is 1. The number of fused-ring (bicyclic) bond motifs is 1. The van der Waals surface area contributed by atoms with E-state index < -0.39 is 36.6 Å². The molecule has 1 amide bonds. The van der Waals surface area contributed by atoms with Crippen LogP contribution in [0, 0.1) is 0 Å². The zero-order valence-corrected chi connectivity index (χ0v) is 16.7. The van der Waals surface area contributed by atoms with Crippen LogP contribution in [0.15, 0.2) is 59.7 Å². The molecule has 0 saturated carbocycles. The maximum Gasteiger partial charge on any atom is 0.287 e. The maximum absolute atomic E-state index is 13.6. The summed E-state index contributed by atoms with van der Waals surface area (Å²) in [5.41, 5.74) is -3.02. The lowest BCUT2D eigenvalue weighted by Crippen LogP contribution is -2.51. The van der Waals surface area contributed by atoms with Crippen molar-refractivity contribution in [3.8, 4) is 17.0 Å². The van der Waals surface area contributed by atoms with Gasteiger partial charge in [0.15, 0.2) is 0 Å². The van der Waals surface area contributed by atoms with Crippen LogP contribution in [0.1, 0.15) is 16.8 Å². The Bertz CT molecular complexity index is 1220. The van der Waals surface area contributed by atoms with E-state index in [0.29, 0.717) is 27.9 Å². The number of carbonyl (C=O) groups is 1. The average Bonchev–Trinajstić information content (AvgIpc) is 3.17. The Morgan fingerprint density at radius 1 is 1.12 bits per heavy atom. The topological polar surface area (TPSA) is 75.0 Å². The molecule has 166 valence electrons. The lowest BCUT2D eigenvalue weighted by Gasteiger charge is -2.30. The smallest absolute Gasteiger partial charge is 0.287 e. The van der Waals surface area contributed by atoms with Crippen molar-refractivity contribution in [1.82, 2.24) is 9.99 Å². The molecule has 10 heteroatoms. The minimum Gasteiger partial charge on any atom is -0.497 e. The van der Waals surface area contributed by atoms with Crippen molar-refractivity contribution in [2.75, 3.05) is 7.11 Å². The summed E-state index contributed by atoms with van der Waals surface area (Å²) in [6.45, 7) is 0. The summed E-state index contributed by atoms with van der Waals surface area (Å²) in [4.78, 5) is 17.8. The molecule has 4 rings (SSSR count). The highest BCUT2D eigenvalue weighted by Crippen LogP contribution is 2.36. The van der Waals surface area contributed by atoms with E-state index in [1.807, 2.05) is 0 Å². The summed E-state index contributed by atoms with van der Waals surface area (Å²) in [5, 5.41) is 14.1. The second-order valence-corrected chi connectivity index (χ2v) is 7.17. The van der Waals surface area contributed by atoms with Crippen molar-refractivity contribution in [3.63, 3.8) is 0 Å². The Morgan fingerprint density at radius 3 is 2.56 bits per heavy atom. The number of alkyl halides is 4. The first-order valence-electron chi connectivity index (χ1n) is 9.49. The minimum absolute atomic E-state index is 0.0519. The molecule has 6 nitrogen and oxygen atoms in total. The molecule has 0 bridgehead atoms. The van der Waals surface area contributed by atoms with E-state index in [9.17, 15) is 27.5 Å². The number of nitrogens with zero attached hydrogens (tertiary/aromatic N) is 3. The van der Waals surface area contributed by atoms with Gasteiger partial charge in [0.1, 0.15) is 11.5 Å².